The molecule has 0 spiro atoms. The summed E-state index contributed by atoms with van der Waals surface area (Å²) in [5.41, 5.74) is 2.62. The molecule has 0 fully saturated rings. The van der Waals surface area contributed by atoms with E-state index in [9.17, 15) is 26.4 Å². The molecule has 4 aromatic rings. The zero-order valence-electron chi connectivity index (χ0n) is 21.5. The number of alkyl halides is 3. The molecule has 0 aliphatic heterocycles. The number of hydrogen-bond donors (Lipinski definition) is 1. The van der Waals surface area contributed by atoms with Gasteiger partial charge in [-0.15, -0.1) is 13.2 Å². The highest BCUT2D eigenvalue weighted by molar-refractivity contribution is 7.89. The van der Waals surface area contributed by atoms with E-state index in [4.69, 9.17) is 5.26 Å². The van der Waals surface area contributed by atoms with Crippen LogP contribution in [0.15, 0.2) is 108 Å². The lowest BCUT2D eigenvalue weighted by Gasteiger charge is -2.24. The van der Waals surface area contributed by atoms with Crippen molar-refractivity contribution in [2.75, 3.05) is 0 Å². The second kappa shape index (κ2) is 12.6. The number of carbonyl (C=O) groups excluding carboxylic acids is 1. The van der Waals surface area contributed by atoms with E-state index in [1.807, 2.05) is 35.1 Å². The monoisotopic (exact) mass is 579 g/mol. The normalized spacial score (nSPS) is 11.4. The van der Waals surface area contributed by atoms with Crippen LogP contribution < -0.4 is 9.46 Å². The van der Waals surface area contributed by atoms with Gasteiger partial charge in [0.25, 0.3) is 10.0 Å². The van der Waals surface area contributed by atoms with Crippen molar-refractivity contribution in [2.45, 2.75) is 30.8 Å². The molecule has 210 valence electrons. The Hall–Kier alpha value is -4.82. The molecule has 0 saturated heterocycles. The van der Waals surface area contributed by atoms with Gasteiger partial charge < -0.3 is 9.64 Å². The van der Waals surface area contributed by atoms with Crippen molar-refractivity contribution in [3.63, 3.8) is 0 Å². The Morgan fingerprint density at radius 1 is 0.829 bits per heavy atom. The maximum absolute atomic E-state index is 13.4. The second-order valence-electron chi connectivity index (χ2n) is 8.98. The van der Waals surface area contributed by atoms with Crippen molar-refractivity contribution in [3.05, 3.63) is 120 Å². The summed E-state index contributed by atoms with van der Waals surface area (Å²) < 4.78 is 69.6. The van der Waals surface area contributed by atoms with Gasteiger partial charge in [0.2, 0.25) is 5.91 Å². The predicted molar refractivity (Wildman–Crippen MR) is 145 cm³/mol. The first-order valence-corrected chi connectivity index (χ1v) is 13.8. The zero-order valence-corrected chi connectivity index (χ0v) is 22.3. The summed E-state index contributed by atoms with van der Waals surface area (Å²) >= 11 is 0. The Labute approximate surface area is 235 Å². The maximum atomic E-state index is 13.4. The minimum absolute atomic E-state index is 0.0603. The molecule has 0 atom stereocenters. The fraction of sp³-hybridized carbons (Fsp3) is 0.133. The molecule has 0 unspecified atom stereocenters. The average Bonchev–Trinajstić information content (AvgIpc) is 2.94. The van der Waals surface area contributed by atoms with Crippen molar-refractivity contribution in [2.24, 2.45) is 0 Å². The van der Waals surface area contributed by atoms with Crippen LogP contribution in [0.4, 0.5) is 13.2 Å². The number of carbonyl (C=O) groups is 1. The number of nitrogens with zero attached hydrogens (tertiary/aromatic N) is 2. The van der Waals surface area contributed by atoms with Crippen molar-refractivity contribution in [1.29, 1.82) is 5.26 Å². The van der Waals surface area contributed by atoms with Crippen LogP contribution in [0, 0.1) is 11.5 Å². The number of para-hydroxylation sites is 1. The van der Waals surface area contributed by atoms with Gasteiger partial charge in [-0.1, -0.05) is 91.0 Å². The fourth-order valence-electron chi connectivity index (χ4n) is 4.25. The molecule has 0 heterocycles. The quantitative estimate of drug-likeness (QED) is 0.190. The summed E-state index contributed by atoms with van der Waals surface area (Å²) in [6.45, 7) is 0.358. The van der Waals surface area contributed by atoms with Gasteiger partial charge in [0.15, 0.2) is 6.19 Å². The summed E-state index contributed by atoms with van der Waals surface area (Å²) in [6, 6.07) is 27.8. The van der Waals surface area contributed by atoms with E-state index in [-0.39, 0.29) is 30.0 Å². The van der Waals surface area contributed by atoms with Crippen LogP contribution in [0.1, 0.15) is 16.7 Å². The van der Waals surface area contributed by atoms with Gasteiger partial charge in [-0.25, -0.2) is 13.1 Å². The van der Waals surface area contributed by atoms with Gasteiger partial charge in [0.1, 0.15) is 5.75 Å². The van der Waals surface area contributed by atoms with Gasteiger partial charge in [-0.05, 0) is 28.8 Å². The fourth-order valence-corrected chi connectivity index (χ4v) is 5.21. The van der Waals surface area contributed by atoms with Gasteiger partial charge >= 0.3 is 6.36 Å². The number of sulfonamides is 1. The van der Waals surface area contributed by atoms with Crippen LogP contribution >= 0.6 is 0 Å². The Bertz CT molecular complexity index is 1650. The molecule has 0 bridgehead atoms. The molecule has 1 amide bonds. The van der Waals surface area contributed by atoms with E-state index in [0.29, 0.717) is 16.7 Å². The number of rotatable bonds is 10. The molecule has 41 heavy (non-hydrogen) atoms. The van der Waals surface area contributed by atoms with Crippen molar-refractivity contribution in [3.8, 4) is 23.1 Å². The van der Waals surface area contributed by atoms with E-state index < -0.39 is 28.0 Å². The number of benzene rings is 4. The SMILES string of the molecule is N#CNS(=O)(=O)c1ccccc1-c1ccc(CN(Cc2ccccc2)C(=O)Cc2ccccc2OC(F)(F)F)cc1. The molecule has 0 aliphatic rings. The van der Waals surface area contributed by atoms with Gasteiger partial charge in [-0.2, -0.15) is 5.26 Å². The Morgan fingerprint density at radius 2 is 1.41 bits per heavy atom. The van der Waals surface area contributed by atoms with E-state index in [0.717, 1.165) is 5.56 Å². The molecule has 0 aromatic heterocycles. The van der Waals surface area contributed by atoms with Crippen molar-refractivity contribution >= 4 is 15.9 Å². The van der Waals surface area contributed by atoms with Crippen molar-refractivity contribution in [1.82, 2.24) is 9.62 Å². The summed E-state index contributed by atoms with van der Waals surface area (Å²) in [5, 5.41) is 8.82. The standard InChI is InChI=1S/C30H24F3N3O4S/c31-30(32,33)40-27-12-6-4-10-25(27)18-29(37)36(19-22-8-2-1-3-9-22)20-23-14-16-24(17-15-23)26-11-5-7-13-28(26)41(38,39)35-21-34/h1-17,35H,18-20H2. The average molecular weight is 580 g/mol. The molecule has 4 rings (SSSR count). The topological polar surface area (TPSA) is 99.5 Å². The summed E-state index contributed by atoms with van der Waals surface area (Å²) in [4.78, 5) is 14.9. The zero-order chi connectivity index (χ0) is 29.5. The number of ether oxygens (including phenoxy) is 1. The predicted octanol–water partition coefficient (Wildman–Crippen LogP) is 5.78. The second-order valence-corrected chi connectivity index (χ2v) is 10.6. The molecule has 11 heteroatoms. The maximum Gasteiger partial charge on any atom is 0.573 e. The highest BCUT2D eigenvalue weighted by Crippen LogP contribution is 2.29. The minimum atomic E-state index is -4.90. The first-order chi connectivity index (χ1) is 19.6. The molecule has 0 aliphatic carbocycles. The molecular weight excluding hydrogens is 555 g/mol. The van der Waals surface area contributed by atoms with Gasteiger partial charge in [0, 0.05) is 24.2 Å². The van der Waals surface area contributed by atoms with E-state index in [1.54, 1.807) is 42.5 Å². The van der Waals surface area contributed by atoms with E-state index in [2.05, 4.69) is 4.74 Å². The van der Waals surface area contributed by atoms with E-state index in [1.165, 1.54) is 41.4 Å². The van der Waals surface area contributed by atoms with E-state index >= 15 is 0 Å². The van der Waals surface area contributed by atoms with Crippen LogP contribution in [0.5, 0.6) is 5.75 Å². The molecular formula is C30H24F3N3O4S. The molecule has 7 nitrogen and oxygen atoms in total. The number of amides is 1. The Morgan fingerprint density at radius 3 is 2.07 bits per heavy atom. The van der Waals surface area contributed by atoms with Crippen LogP contribution in [0.3, 0.4) is 0 Å². The number of nitriles is 1. The number of hydrogen-bond acceptors (Lipinski definition) is 5. The van der Waals surface area contributed by atoms with Gasteiger partial charge in [0.05, 0.1) is 11.3 Å². The third-order valence-corrected chi connectivity index (χ3v) is 7.40. The Kier molecular flexibility index (Phi) is 8.94. The first-order valence-electron chi connectivity index (χ1n) is 12.3. The van der Waals surface area contributed by atoms with Gasteiger partial charge in [-0.3, -0.25) is 4.79 Å². The Balaban J connectivity index is 1.60. The lowest BCUT2D eigenvalue weighted by Crippen LogP contribution is -2.31. The third kappa shape index (κ3) is 7.86. The lowest BCUT2D eigenvalue weighted by molar-refractivity contribution is -0.274. The molecule has 4 aromatic carbocycles. The lowest BCUT2D eigenvalue weighted by atomic mass is 10.0. The summed E-state index contributed by atoms with van der Waals surface area (Å²) in [6.07, 6.45) is -3.77. The van der Waals surface area contributed by atoms with Crippen LogP contribution in [0.25, 0.3) is 11.1 Å². The summed E-state index contributed by atoms with van der Waals surface area (Å²) in [7, 11) is -4.05. The van der Waals surface area contributed by atoms with Crippen LogP contribution in [-0.2, 0) is 34.3 Å². The molecule has 0 saturated carbocycles. The largest absolute Gasteiger partial charge is 0.573 e. The summed E-state index contributed by atoms with van der Waals surface area (Å²) in [5.74, 6) is -0.841. The van der Waals surface area contributed by atoms with Crippen LogP contribution in [0.2, 0.25) is 0 Å². The van der Waals surface area contributed by atoms with Crippen LogP contribution in [-0.4, -0.2) is 25.6 Å². The highest BCUT2D eigenvalue weighted by Gasteiger charge is 2.32. The number of halogens is 3. The number of nitrogens with one attached hydrogen (secondary N) is 1. The third-order valence-electron chi connectivity index (χ3n) is 6.10. The van der Waals surface area contributed by atoms with Crippen molar-refractivity contribution < 1.29 is 31.1 Å². The minimum Gasteiger partial charge on any atom is -0.405 e. The first kappa shape index (κ1) is 29.2. The molecule has 0 radical (unpaired) electrons. The smallest absolute Gasteiger partial charge is 0.405 e. The molecule has 1 N–H and O–H groups in total. The highest BCUT2D eigenvalue weighted by atomic mass is 32.2.